The highest BCUT2D eigenvalue weighted by Crippen LogP contribution is 2.30. The summed E-state index contributed by atoms with van der Waals surface area (Å²) in [5.74, 6) is -0.0348. The quantitative estimate of drug-likeness (QED) is 0.697. The van der Waals surface area contributed by atoms with Crippen LogP contribution in [0.15, 0.2) is 48.5 Å². The summed E-state index contributed by atoms with van der Waals surface area (Å²) in [4.78, 5) is 11.9. The Bertz CT molecular complexity index is 809. The van der Waals surface area contributed by atoms with Crippen molar-refractivity contribution in [2.45, 2.75) is 6.92 Å². The number of hydrogen-bond donors (Lipinski definition) is 2. The summed E-state index contributed by atoms with van der Waals surface area (Å²) < 4.78 is 0. The molecule has 0 aliphatic carbocycles. The highest BCUT2D eigenvalue weighted by Gasteiger charge is 2.10. The molecular weight excluding hydrogens is 250 g/mol. The summed E-state index contributed by atoms with van der Waals surface area (Å²) in [5.41, 5.74) is 0.479. The molecule has 0 fully saturated rings. The first kappa shape index (κ1) is 12.5. The molecule has 0 aromatic heterocycles. The molecule has 0 spiro atoms. The Morgan fingerprint density at radius 2 is 1.75 bits per heavy atom. The molecular formula is C17H15NO2. The lowest BCUT2D eigenvalue weighted by atomic mass is 10.0. The van der Waals surface area contributed by atoms with Crippen LogP contribution in [0.5, 0.6) is 5.75 Å². The van der Waals surface area contributed by atoms with E-state index in [1.165, 1.54) is 6.07 Å². The maximum absolute atomic E-state index is 11.9. The van der Waals surface area contributed by atoms with Crippen LogP contribution in [0.2, 0.25) is 0 Å². The molecule has 0 unspecified atom stereocenters. The number of fused-ring (bicyclic) bond motifs is 2. The van der Waals surface area contributed by atoms with Crippen molar-refractivity contribution < 1.29 is 9.90 Å². The molecule has 0 saturated heterocycles. The molecule has 0 saturated carbocycles. The summed E-state index contributed by atoms with van der Waals surface area (Å²) >= 11 is 0. The monoisotopic (exact) mass is 265 g/mol. The van der Waals surface area contributed by atoms with E-state index in [2.05, 4.69) is 5.32 Å². The average molecular weight is 265 g/mol. The number of rotatable bonds is 2. The molecule has 0 bridgehead atoms. The summed E-state index contributed by atoms with van der Waals surface area (Å²) in [6.07, 6.45) is 0. The normalized spacial score (nSPS) is 10.8. The van der Waals surface area contributed by atoms with Crippen LogP contribution in [0.3, 0.4) is 0 Å². The van der Waals surface area contributed by atoms with Gasteiger partial charge in [0.1, 0.15) is 5.75 Å². The number of nitrogens with one attached hydrogen (secondary N) is 1. The van der Waals surface area contributed by atoms with E-state index in [1.807, 2.05) is 49.4 Å². The van der Waals surface area contributed by atoms with Crippen LogP contribution in [-0.2, 0) is 0 Å². The lowest BCUT2D eigenvalue weighted by Gasteiger charge is -2.08. The van der Waals surface area contributed by atoms with Crippen molar-refractivity contribution in [3.05, 3.63) is 54.1 Å². The van der Waals surface area contributed by atoms with Crippen LogP contribution in [0, 0.1) is 0 Å². The average Bonchev–Trinajstić information content (AvgIpc) is 2.45. The van der Waals surface area contributed by atoms with Crippen LogP contribution in [0.25, 0.3) is 21.5 Å². The van der Waals surface area contributed by atoms with Crippen molar-refractivity contribution >= 4 is 27.5 Å². The van der Waals surface area contributed by atoms with Gasteiger partial charge in [-0.1, -0.05) is 24.3 Å². The van der Waals surface area contributed by atoms with Gasteiger partial charge in [0.25, 0.3) is 5.91 Å². The third kappa shape index (κ3) is 2.07. The topological polar surface area (TPSA) is 49.3 Å². The third-order valence-electron chi connectivity index (χ3n) is 3.40. The molecule has 0 heterocycles. The largest absolute Gasteiger partial charge is 0.507 e. The first-order valence-electron chi connectivity index (χ1n) is 6.63. The zero-order valence-electron chi connectivity index (χ0n) is 11.2. The number of amides is 1. The number of benzene rings is 3. The van der Waals surface area contributed by atoms with Gasteiger partial charge in [-0.25, -0.2) is 0 Å². The van der Waals surface area contributed by atoms with E-state index in [-0.39, 0.29) is 11.7 Å². The molecule has 0 aliphatic rings. The van der Waals surface area contributed by atoms with Crippen LogP contribution >= 0.6 is 0 Å². The summed E-state index contributed by atoms with van der Waals surface area (Å²) in [5, 5.41) is 16.7. The van der Waals surface area contributed by atoms with E-state index in [9.17, 15) is 9.90 Å². The van der Waals surface area contributed by atoms with Gasteiger partial charge in [0.15, 0.2) is 0 Å². The van der Waals surface area contributed by atoms with Crippen molar-refractivity contribution in [2.24, 2.45) is 0 Å². The van der Waals surface area contributed by atoms with Crippen molar-refractivity contribution in [1.82, 2.24) is 5.32 Å². The summed E-state index contributed by atoms with van der Waals surface area (Å²) in [7, 11) is 0. The molecule has 0 aliphatic heterocycles. The van der Waals surface area contributed by atoms with Gasteiger partial charge in [0, 0.05) is 17.5 Å². The van der Waals surface area contributed by atoms with Gasteiger partial charge in [-0.15, -0.1) is 0 Å². The molecule has 2 N–H and O–H groups in total. The van der Waals surface area contributed by atoms with Gasteiger partial charge in [-0.3, -0.25) is 4.79 Å². The lowest BCUT2D eigenvalue weighted by molar-refractivity contribution is 0.0955. The van der Waals surface area contributed by atoms with Gasteiger partial charge in [0.05, 0.1) is 0 Å². The van der Waals surface area contributed by atoms with Crippen LogP contribution < -0.4 is 5.32 Å². The van der Waals surface area contributed by atoms with Crippen LogP contribution in [0.1, 0.15) is 17.3 Å². The van der Waals surface area contributed by atoms with E-state index in [4.69, 9.17) is 0 Å². The SMILES string of the molecule is CCNC(=O)c1cc(O)c2cc3ccccc3cc2c1. The summed E-state index contributed by atoms with van der Waals surface area (Å²) in [6.45, 7) is 2.43. The van der Waals surface area contributed by atoms with Gasteiger partial charge in [-0.2, -0.15) is 0 Å². The molecule has 20 heavy (non-hydrogen) atoms. The number of hydrogen-bond acceptors (Lipinski definition) is 2. The predicted molar refractivity (Wildman–Crippen MR) is 81.1 cm³/mol. The highest BCUT2D eigenvalue weighted by molar-refractivity contribution is 6.05. The van der Waals surface area contributed by atoms with Gasteiger partial charge in [-0.05, 0) is 47.3 Å². The molecule has 3 rings (SSSR count). The Hall–Kier alpha value is -2.55. The number of phenols is 1. The Balaban J connectivity index is 2.24. The van der Waals surface area contributed by atoms with Crippen molar-refractivity contribution in [3.63, 3.8) is 0 Å². The molecule has 3 heteroatoms. The van der Waals surface area contributed by atoms with Crippen molar-refractivity contribution in [2.75, 3.05) is 6.54 Å². The Labute approximate surface area is 116 Å². The number of phenolic OH excluding ortho intramolecular Hbond substituents is 1. The minimum atomic E-state index is -0.169. The third-order valence-corrected chi connectivity index (χ3v) is 3.40. The molecule has 1 amide bonds. The molecule has 0 radical (unpaired) electrons. The minimum Gasteiger partial charge on any atom is -0.507 e. The first-order valence-corrected chi connectivity index (χ1v) is 6.63. The standard InChI is InChI=1S/C17H15NO2/c1-2-18-17(20)14-8-13-7-11-5-3-4-6-12(11)9-15(13)16(19)10-14/h3-10,19H,2H2,1H3,(H,18,20). The molecule has 0 atom stereocenters. The molecule has 3 aromatic rings. The number of carbonyl (C=O) groups excluding carboxylic acids is 1. The number of carbonyl (C=O) groups is 1. The second-order valence-electron chi connectivity index (χ2n) is 4.78. The maximum atomic E-state index is 11.9. The van der Waals surface area contributed by atoms with E-state index < -0.39 is 0 Å². The predicted octanol–water partition coefficient (Wildman–Crippen LogP) is 3.45. The van der Waals surface area contributed by atoms with Gasteiger partial charge < -0.3 is 10.4 Å². The molecule has 100 valence electrons. The molecule has 3 nitrogen and oxygen atoms in total. The van der Waals surface area contributed by atoms with E-state index in [1.54, 1.807) is 0 Å². The highest BCUT2D eigenvalue weighted by atomic mass is 16.3. The van der Waals surface area contributed by atoms with Gasteiger partial charge in [0.2, 0.25) is 0 Å². The Kier molecular flexibility index (Phi) is 3.03. The van der Waals surface area contributed by atoms with Gasteiger partial charge >= 0.3 is 0 Å². The second-order valence-corrected chi connectivity index (χ2v) is 4.78. The summed E-state index contributed by atoms with van der Waals surface area (Å²) in [6, 6.07) is 15.2. The van der Waals surface area contributed by atoms with Crippen LogP contribution in [-0.4, -0.2) is 17.6 Å². The fourth-order valence-electron chi connectivity index (χ4n) is 2.43. The van der Waals surface area contributed by atoms with E-state index in [0.29, 0.717) is 12.1 Å². The van der Waals surface area contributed by atoms with Crippen molar-refractivity contribution in [3.8, 4) is 5.75 Å². The van der Waals surface area contributed by atoms with E-state index >= 15 is 0 Å². The minimum absolute atomic E-state index is 0.134. The lowest BCUT2D eigenvalue weighted by Crippen LogP contribution is -2.22. The molecule has 3 aromatic carbocycles. The van der Waals surface area contributed by atoms with Crippen LogP contribution in [0.4, 0.5) is 0 Å². The fourth-order valence-corrected chi connectivity index (χ4v) is 2.43. The van der Waals surface area contributed by atoms with E-state index in [0.717, 1.165) is 21.5 Å². The Morgan fingerprint density at radius 1 is 1.05 bits per heavy atom. The zero-order chi connectivity index (χ0) is 14.1. The fraction of sp³-hybridized carbons (Fsp3) is 0.118. The smallest absolute Gasteiger partial charge is 0.251 e. The maximum Gasteiger partial charge on any atom is 0.251 e. The first-order chi connectivity index (χ1) is 9.69. The second kappa shape index (κ2) is 4.85. The zero-order valence-corrected chi connectivity index (χ0v) is 11.2. The Morgan fingerprint density at radius 3 is 2.45 bits per heavy atom. The van der Waals surface area contributed by atoms with Crippen molar-refractivity contribution in [1.29, 1.82) is 0 Å². The number of aromatic hydroxyl groups is 1.